The van der Waals surface area contributed by atoms with Gasteiger partial charge in [-0.3, -0.25) is 4.79 Å². The molecule has 0 aliphatic carbocycles. The van der Waals surface area contributed by atoms with Gasteiger partial charge in [0.25, 0.3) is 0 Å². The summed E-state index contributed by atoms with van der Waals surface area (Å²) in [6.07, 6.45) is -4.52. The summed E-state index contributed by atoms with van der Waals surface area (Å²) in [6.45, 7) is 0. The van der Waals surface area contributed by atoms with Gasteiger partial charge in [0.1, 0.15) is 0 Å². The van der Waals surface area contributed by atoms with E-state index in [0.29, 0.717) is 11.3 Å². The third kappa shape index (κ3) is 4.74. The highest BCUT2D eigenvalue weighted by molar-refractivity contribution is 5.92. The molecule has 0 aliphatic rings. The summed E-state index contributed by atoms with van der Waals surface area (Å²) in [4.78, 5) is 13.9. The summed E-state index contributed by atoms with van der Waals surface area (Å²) in [6, 6.07) is 12.0. The van der Waals surface area contributed by atoms with E-state index in [4.69, 9.17) is 0 Å². The lowest BCUT2D eigenvalue weighted by atomic mass is 10.1. The van der Waals surface area contributed by atoms with E-state index in [1.807, 2.05) is 31.1 Å². The summed E-state index contributed by atoms with van der Waals surface area (Å²) in [5, 5.41) is 2.68. The topological polar surface area (TPSA) is 32.3 Å². The van der Waals surface area contributed by atoms with Crippen LogP contribution in [0.15, 0.2) is 48.5 Å². The van der Waals surface area contributed by atoms with Crippen molar-refractivity contribution in [1.29, 1.82) is 0 Å². The Hall–Kier alpha value is -2.50. The van der Waals surface area contributed by atoms with Gasteiger partial charge in [-0.15, -0.1) is 0 Å². The van der Waals surface area contributed by atoms with E-state index in [-0.39, 0.29) is 12.3 Å². The van der Waals surface area contributed by atoms with Crippen LogP contribution in [0.25, 0.3) is 0 Å². The first-order valence-corrected chi connectivity index (χ1v) is 6.99. The molecule has 2 aromatic carbocycles. The molecule has 0 saturated heterocycles. The predicted molar refractivity (Wildman–Crippen MR) is 84.5 cm³/mol. The molecule has 0 aromatic heterocycles. The van der Waals surface area contributed by atoms with Crippen molar-refractivity contribution in [1.82, 2.24) is 0 Å². The molecule has 0 saturated carbocycles. The summed E-state index contributed by atoms with van der Waals surface area (Å²) in [5.74, 6) is -0.359. The van der Waals surface area contributed by atoms with Crippen molar-refractivity contribution < 1.29 is 18.0 Å². The molecule has 2 aromatic rings. The number of anilines is 2. The summed E-state index contributed by atoms with van der Waals surface area (Å²) < 4.78 is 38.0. The monoisotopic (exact) mass is 322 g/mol. The van der Waals surface area contributed by atoms with E-state index in [0.717, 1.165) is 17.8 Å². The number of carbonyl (C=O) groups is 1. The molecule has 122 valence electrons. The first-order valence-electron chi connectivity index (χ1n) is 6.99. The number of rotatable bonds is 4. The van der Waals surface area contributed by atoms with Crippen LogP contribution in [0.3, 0.4) is 0 Å². The fourth-order valence-corrected chi connectivity index (χ4v) is 2.09. The smallest absolute Gasteiger partial charge is 0.378 e. The van der Waals surface area contributed by atoms with Crippen molar-refractivity contribution in [2.24, 2.45) is 0 Å². The quantitative estimate of drug-likeness (QED) is 0.924. The molecule has 0 heterocycles. The van der Waals surface area contributed by atoms with Crippen LogP contribution in [0.5, 0.6) is 0 Å². The van der Waals surface area contributed by atoms with Crippen LogP contribution in [0.4, 0.5) is 24.5 Å². The number of benzene rings is 2. The first kappa shape index (κ1) is 16.9. The zero-order valence-corrected chi connectivity index (χ0v) is 12.8. The fraction of sp³-hybridized carbons (Fsp3) is 0.235. The van der Waals surface area contributed by atoms with Crippen molar-refractivity contribution >= 4 is 17.3 Å². The zero-order chi connectivity index (χ0) is 17.0. The summed E-state index contributed by atoms with van der Waals surface area (Å²) >= 11 is 0. The fourth-order valence-electron chi connectivity index (χ4n) is 2.09. The van der Waals surface area contributed by atoms with E-state index in [9.17, 15) is 18.0 Å². The highest BCUT2D eigenvalue weighted by Gasteiger charge is 2.30. The average molecular weight is 322 g/mol. The van der Waals surface area contributed by atoms with Gasteiger partial charge in [-0.25, -0.2) is 0 Å². The second kappa shape index (κ2) is 6.73. The number of carbonyl (C=O) groups excluding carboxylic acids is 1. The molecular weight excluding hydrogens is 305 g/mol. The molecule has 2 rings (SSSR count). The molecule has 0 atom stereocenters. The van der Waals surface area contributed by atoms with Gasteiger partial charge in [0.2, 0.25) is 5.91 Å². The second-order valence-electron chi connectivity index (χ2n) is 5.36. The van der Waals surface area contributed by atoms with E-state index < -0.39 is 11.7 Å². The summed E-state index contributed by atoms with van der Waals surface area (Å²) in [7, 11) is 3.81. The van der Waals surface area contributed by atoms with Gasteiger partial charge in [-0.1, -0.05) is 18.2 Å². The van der Waals surface area contributed by atoms with Gasteiger partial charge in [0, 0.05) is 25.5 Å². The van der Waals surface area contributed by atoms with Gasteiger partial charge in [-0.2, -0.15) is 13.2 Å². The standard InChI is InChI=1S/C17H17F3N2O/c1-22(2)15-8-6-14(7-9-15)21-16(23)11-12-4-3-5-13(10-12)17(18,19)20/h3-10H,11H2,1-2H3,(H,21,23). The third-order valence-electron chi connectivity index (χ3n) is 3.29. The molecule has 0 fully saturated rings. The minimum absolute atomic E-state index is 0.112. The molecule has 6 heteroatoms. The van der Waals surface area contributed by atoms with Gasteiger partial charge < -0.3 is 10.2 Å². The minimum atomic E-state index is -4.41. The van der Waals surface area contributed by atoms with E-state index >= 15 is 0 Å². The molecular formula is C17H17F3N2O. The zero-order valence-electron chi connectivity index (χ0n) is 12.8. The number of hydrogen-bond donors (Lipinski definition) is 1. The molecule has 1 N–H and O–H groups in total. The van der Waals surface area contributed by atoms with Crippen LogP contribution in [-0.2, 0) is 17.4 Å². The Morgan fingerprint density at radius 2 is 1.74 bits per heavy atom. The number of halogens is 3. The van der Waals surface area contributed by atoms with E-state index in [1.54, 1.807) is 12.1 Å². The Bertz CT molecular complexity index is 679. The average Bonchev–Trinajstić information content (AvgIpc) is 2.47. The molecule has 0 aliphatic heterocycles. The van der Waals surface area contributed by atoms with E-state index in [1.165, 1.54) is 12.1 Å². The highest BCUT2D eigenvalue weighted by Crippen LogP contribution is 2.29. The van der Waals surface area contributed by atoms with Crippen LogP contribution >= 0.6 is 0 Å². The van der Waals surface area contributed by atoms with Crippen LogP contribution in [0.2, 0.25) is 0 Å². The number of nitrogens with one attached hydrogen (secondary N) is 1. The molecule has 3 nitrogen and oxygen atoms in total. The second-order valence-corrected chi connectivity index (χ2v) is 5.36. The first-order chi connectivity index (χ1) is 10.8. The van der Waals surface area contributed by atoms with Crippen molar-refractivity contribution in [3.05, 3.63) is 59.7 Å². The lowest BCUT2D eigenvalue weighted by molar-refractivity contribution is -0.137. The Balaban J connectivity index is 2.02. The van der Waals surface area contributed by atoms with Crippen molar-refractivity contribution in [3.63, 3.8) is 0 Å². The Kier molecular flexibility index (Phi) is 4.93. The Labute approximate surface area is 132 Å². The maximum atomic E-state index is 12.7. The van der Waals surface area contributed by atoms with Gasteiger partial charge in [0.15, 0.2) is 0 Å². The number of amides is 1. The van der Waals surface area contributed by atoms with Crippen molar-refractivity contribution in [2.75, 3.05) is 24.3 Å². The van der Waals surface area contributed by atoms with Gasteiger partial charge in [-0.05, 0) is 35.9 Å². The van der Waals surface area contributed by atoms with E-state index in [2.05, 4.69) is 5.32 Å². The van der Waals surface area contributed by atoms with Crippen LogP contribution in [-0.4, -0.2) is 20.0 Å². The maximum Gasteiger partial charge on any atom is 0.416 e. The molecule has 23 heavy (non-hydrogen) atoms. The van der Waals surface area contributed by atoms with Crippen LogP contribution in [0.1, 0.15) is 11.1 Å². The van der Waals surface area contributed by atoms with Gasteiger partial charge in [0.05, 0.1) is 12.0 Å². The van der Waals surface area contributed by atoms with Crippen LogP contribution in [0, 0.1) is 0 Å². The third-order valence-corrected chi connectivity index (χ3v) is 3.29. The number of hydrogen-bond acceptors (Lipinski definition) is 2. The lowest BCUT2D eigenvalue weighted by Crippen LogP contribution is -2.15. The van der Waals surface area contributed by atoms with Crippen molar-refractivity contribution in [2.45, 2.75) is 12.6 Å². The largest absolute Gasteiger partial charge is 0.416 e. The Morgan fingerprint density at radius 1 is 1.09 bits per heavy atom. The maximum absolute atomic E-state index is 12.7. The minimum Gasteiger partial charge on any atom is -0.378 e. The molecule has 0 bridgehead atoms. The molecule has 0 spiro atoms. The molecule has 0 radical (unpaired) electrons. The highest BCUT2D eigenvalue weighted by atomic mass is 19.4. The number of alkyl halides is 3. The lowest BCUT2D eigenvalue weighted by Gasteiger charge is -2.13. The summed E-state index contributed by atoms with van der Waals surface area (Å²) in [5.41, 5.74) is 1.16. The molecule has 0 unspecified atom stereocenters. The predicted octanol–water partition coefficient (Wildman–Crippen LogP) is 3.95. The van der Waals surface area contributed by atoms with Gasteiger partial charge >= 0.3 is 6.18 Å². The number of nitrogens with zero attached hydrogens (tertiary/aromatic N) is 1. The molecule has 1 amide bonds. The van der Waals surface area contributed by atoms with Crippen molar-refractivity contribution in [3.8, 4) is 0 Å². The Morgan fingerprint density at radius 3 is 2.30 bits per heavy atom. The normalized spacial score (nSPS) is 11.2. The SMILES string of the molecule is CN(C)c1ccc(NC(=O)Cc2cccc(C(F)(F)F)c2)cc1. The van der Waals surface area contributed by atoms with Crippen LogP contribution < -0.4 is 10.2 Å².